The Labute approximate surface area is 500 Å². The highest BCUT2D eigenvalue weighted by Crippen LogP contribution is 2.58. The molecule has 2 aliphatic heterocycles. The summed E-state index contributed by atoms with van der Waals surface area (Å²) in [6.45, 7) is 9.60. The lowest BCUT2D eigenvalue weighted by molar-refractivity contribution is -0.290. The van der Waals surface area contributed by atoms with Crippen molar-refractivity contribution < 1.29 is 90.8 Å². The number of fused-ring (bicyclic) bond motifs is 2. The Morgan fingerprint density at radius 1 is 0.348 bits per heavy atom. The van der Waals surface area contributed by atoms with E-state index in [2.05, 4.69) is 0 Å². The summed E-state index contributed by atoms with van der Waals surface area (Å²) in [5, 5.41) is 0. The molecule has 0 bridgehead atoms. The summed E-state index contributed by atoms with van der Waals surface area (Å²) in [4.78, 5) is 55.2. The molecule has 0 radical (unpaired) electrons. The minimum Gasteiger partial charge on any atom is -0.457 e. The highest BCUT2D eigenvalue weighted by molar-refractivity contribution is 6.34. The van der Waals surface area contributed by atoms with Crippen LogP contribution in [0.3, 0.4) is 0 Å². The number of carbonyl (C=O) groups excluding carboxylic acids is 4. The fourth-order valence-electron chi connectivity index (χ4n) is 10.8. The number of alkyl halides is 12. The number of hydrogen-bond donors (Lipinski definition) is 0. The van der Waals surface area contributed by atoms with E-state index in [0.717, 1.165) is 76.4 Å². The second kappa shape index (κ2) is 22.8. The molecule has 89 heavy (non-hydrogen) atoms. The average Bonchev–Trinajstić information content (AvgIpc) is 1.74. The number of anilines is 1. The second-order valence-corrected chi connectivity index (χ2v) is 21.9. The summed E-state index contributed by atoms with van der Waals surface area (Å²) in [6.07, 6.45) is -22.4. The minimum atomic E-state index is -5.98. The standard InChI is InChI=1S/C67H50F12N2O8/c1-6-38(3)80-57(82)53-34-32-51(36-55(53)59(80)84)88-48-26-14-42(15-27-48)63(66(74,75)76,67(77,78)79)43-16-28-49(29-17-43)89-52-33-35-54-56(37-52)60(85)81(58(54)83)44-18-30-50(31-19-44)87-47-24-12-41(13-25-47)62(64(68,69)70,65(71,72)73)40-10-22-46(23-11-40)86-45-20-8-39(9-21-45)61(4,5)7-2/h8-38H,6-7H2,1-5H3. The van der Waals surface area contributed by atoms with Crippen LogP contribution >= 0.6 is 0 Å². The first kappa shape index (κ1) is 62.5. The van der Waals surface area contributed by atoms with Crippen LogP contribution in [-0.2, 0) is 16.2 Å². The van der Waals surface area contributed by atoms with Crippen molar-refractivity contribution in [3.63, 3.8) is 0 Å². The van der Waals surface area contributed by atoms with Crippen molar-refractivity contribution in [2.75, 3.05) is 4.90 Å². The van der Waals surface area contributed by atoms with Gasteiger partial charge in [0.25, 0.3) is 23.6 Å². The Morgan fingerprint density at radius 3 is 0.921 bits per heavy atom. The molecule has 0 saturated heterocycles. The molecule has 1 unspecified atom stereocenters. The topological polar surface area (TPSA) is 112 Å². The molecule has 0 N–H and O–H groups in total. The second-order valence-electron chi connectivity index (χ2n) is 21.9. The molecule has 4 amide bonds. The lowest BCUT2D eigenvalue weighted by Crippen LogP contribution is -2.54. The maximum atomic E-state index is 15.2. The van der Waals surface area contributed by atoms with Gasteiger partial charge in [0.05, 0.1) is 27.9 Å². The van der Waals surface area contributed by atoms with E-state index in [1.807, 2.05) is 32.9 Å². The molecule has 0 fully saturated rings. The summed E-state index contributed by atoms with van der Waals surface area (Å²) in [5.41, 5.74) is -13.2. The van der Waals surface area contributed by atoms with Crippen LogP contribution in [0.2, 0.25) is 0 Å². The molecular weight excluding hydrogens is 1190 g/mol. The molecule has 0 aromatic heterocycles. The zero-order valence-electron chi connectivity index (χ0n) is 47.5. The van der Waals surface area contributed by atoms with E-state index < -0.39 is 87.5 Å². The summed E-state index contributed by atoms with van der Waals surface area (Å²) in [6, 6.07) is 31.6. The van der Waals surface area contributed by atoms with Gasteiger partial charge in [-0.05, 0) is 174 Å². The van der Waals surface area contributed by atoms with Gasteiger partial charge in [0.15, 0.2) is 0 Å². The van der Waals surface area contributed by atoms with Crippen LogP contribution in [0.4, 0.5) is 58.4 Å². The fraction of sp³-hybridized carbons (Fsp3) is 0.224. The van der Waals surface area contributed by atoms with Gasteiger partial charge in [-0.3, -0.25) is 24.1 Å². The normalized spacial score (nSPS) is 14.4. The number of amides is 4. The van der Waals surface area contributed by atoms with E-state index in [-0.39, 0.29) is 73.6 Å². The van der Waals surface area contributed by atoms with Crippen molar-refractivity contribution >= 4 is 29.3 Å². The molecule has 0 aliphatic carbocycles. The van der Waals surface area contributed by atoms with Gasteiger partial charge in [-0.1, -0.05) is 88.4 Å². The summed E-state index contributed by atoms with van der Waals surface area (Å²) in [7, 11) is 0. The van der Waals surface area contributed by atoms with Crippen LogP contribution in [0.5, 0.6) is 46.0 Å². The van der Waals surface area contributed by atoms with Crippen molar-refractivity contribution in [3.05, 3.63) is 232 Å². The molecule has 8 aromatic rings. The van der Waals surface area contributed by atoms with Gasteiger partial charge in [0.2, 0.25) is 10.8 Å². The van der Waals surface area contributed by atoms with E-state index in [0.29, 0.717) is 60.7 Å². The number of rotatable bonds is 17. The molecule has 8 aromatic carbocycles. The minimum absolute atomic E-state index is 0.00320. The molecule has 10 nitrogen and oxygen atoms in total. The van der Waals surface area contributed by atoms with E-state index in [1.54, 1.807) is 26.0 Å². The quantitative estimate of drug-likeness (QED) is 0.0655. The number of hydrogen-bond acceptors (Lipinski definition) is 8. The van der Waals surface area contributed by atoms with Crippen LogP contribution in [-0.4, -0.2) is 59.3 Å². The Balaban J connectivity index is 0.814. The van der Waals surface area contributed by atoms with Gasteiger partial charge < -0.3 is 18.9 Å². The SMILES string of the molecule is CCC(C)N1C(=O)c2ccc(Oc3ccc(C(c4ccc(Oc5ccc6c(c5)C(=O)N(c5ccc(Oc7ccc(C(c8ccc(Oc9ccc(C(C)(C)CC)cc9)cc8)(C(F)(F)F)C(F)(F)F)cc7)cc5)C6=O)cc4)(C(F)(F)F)C(F)(F)F)cc3)cc2C1=O. The third-order valence-corrected chi connectivity index (χ3v) is 16.2. The lowest BCUT2D eigenvalue weighted by atomic mass is 9.73. The molecule has 0 spiro atoms. The number of carbonyl (C=O) groups is 4. The van der Waals surface area contributed by atoms with E-state index in [9.17, 15) is 19.2 Å². The highest BCUT2D eigenvalue weighted by Gasteiger charge is 2.73. The first-order valence-electron chi connectivity index (χ1n) is 27.5. The van der Waals surface area contributed by atoms with Crippen LogP contribution in [0.25, 0.3) is 0 Å². The van der Waals surface area contributed by atoms with Gasteiger partial charge in [0.1, 0.15) is 46.0 Å². The van der Waals surface area contributed by atoms with E-state index in [1.165, 1.54) is 54.6 Å². The molecule has 1 atom stereocenters. The molecule has 0 saturated carbocycles. The van der Waals surface area contributed by atoms with Gasteiger partial charge in [0, 0.05) is 6.04 Å². The predicted molar refractivity (Wildman–Crippen MR) is 302 cm³/mol. The van der Waals surface area contributed by atoms with E-state index >= 15 is 52.7 Å². The molecule has 2 aliphatic rings. The molecule has 460 valence electrons. The third kappa shape index (κ3) is 11.1. The first-order valence-corrected chi connectivity index (χ1v) is 27.5. The van der Waals surface area contributed by atoms with Crippen molar-refractivity contribution in [3.8, 4) is 46.0 Å². The smallest absolute Gasteiger partial charge is 0.411 e. The molecule has 2 heterocycles. The number of nitrogens with zero attached hydrogens (tertiary/aromatic N) is 2. The summed E-state index contributed by atoms with van der Waals surface area (Å²) < 4.78 is 204. The van der Waals surface area contributed by atoms with E-state index in [4.69, 9.17) is 18.9 Å². The zero-order valence-corrected chi connectivity index (χ0v) is 47.5. The van der Waals surface area contributed by atoms with Gasteiger partial charge in [-0.25, -0.2) is 4.90 Å². The number of ether oxygens (including phenoxy) is 4. The van der Waals surface area contributed by atoms with Crippen LogP contribution in [0.1, 0.15) is 117 Å². The molecule has 10 rings (SSSR count). The predicted octanol–water partition coefficient (Wildman–Crippen LogP) is 18.6. The Kier molecular flexibility index (Phi) is 16.0. The molecular formula is C67H50F12N2O8. The van der Waals surface area contributed by atoms with Crippen molar-refractivity contribution in [2.45, 2.75) is 94.5 Å². The summed E-state index contributed by atoms with van der Waals surface area (Å²) in [5.74, 6) is -3.27. The highest BCUT2D eigenvalue weighted by atomic mass is 19.4. The number of imide groups is 2. The lowest BCUT2D eigenvalue weighted by Gasteiger charge is -2.38. The van der Waals surface area contributed by atoms with Gasteiger partial charge in [-0.2, -0.15) is 52.7 Å². The van der Waals surface area contributed by atoms with Crippen molar-refractivity contribution in [1.29, 1.82) is 0 Å². The Bertz CT molecular complexity index is 3970. The van der Waals surface area contributed by atoms with Crippen LogP contribution in [0, 0.1) is 0 Å². The van der Waals surface area contributed by atoms with Crippen LogP contribution in [0.15, 0.2) is 182 Å². The fourth-order valence-corrected chi connectivity index (χ4v) is 10.8. The summed E-state index contributed by atoms with van der Waals surface area (Å²) >= 11 is 0. The average molecular weight is 1240 g/mol. The van der Waals surface area contributed by atoms with Crippen LogP contribution < -0.4 is 23.8 Å². The maximum absolute atomic E-state index is 15.2. The first-order chi connectivity index (χ1) is 41.8. The molecule has 22 heteroatoms. The Morgan fingerprint density at radius 2 is 0.607 bits per heavy atom. The third-order valence-electron chi connectivity index (χ3n) is 16.2. The number of halogens is 12. The van der Waals surface area contributed by atoms with Gasteiger partial charge >= 0.3 is 24.7 Å². The van der Waals surface area contributed by atoms with Gasteiger partial charge in [-0.15, -0.1) is 0 Å². The zero-order chi connectivity index (χ0) is 64.4. The maximum Gasteiger partial charge on any atom is 0.411 e. The van der Waals surface area contributed by atoms with Crippen molar-refractivity contribution in [1.82, 2.24) is 4.90 Å². The largest absolute Gasteiger partial charge is 0.457 e. The van der Waals surface area contributed by atoms with Crippen molar-refractivity contribution in [2.24, 2.45) is 0 Å². The number of benzene rings is 8. The Hall–Kier alpha value is -9.60. The monoisotopic (exact) mass is 1240 g/mol.